The molecule has 2 amide bonds. The molecule has 0 bridgehead atoms. The molecule has 120 valence electrons. The fourth-order valence-electron chi connectivity index (χ4n) is 2.20. The maximum atomic E-state index is 12.3. The molecule has 0 aliphatic heterocycles. The van der Waals surface area contributed by atoms with Gasteiger partial charge in [0.05, 0.1) is 0 Å². The van der Waals surface area contributed by atoms with E-state index in [1.807, 2.05) is 36.4 Å². The van der Waals surface area contributed by atoms with Crippen LogP contribution in [0.25, 0.3) is 0 Å². The average Bonchev–Trinajstić information content (AvgIpc) is 2.54. The van der Waals surface area contributed by atoms with E-state index in [9.17, 15) is 9.59 Å². The maximum absolute atomic E-state index is 12.3. The van der Waals surface area contributed by atoms with Crippen LogP contribution >= 0.6 is 0 Å². The van der Waals surface area contributed by atoms with Crippen LogP contribution in [-0.2, 0) is 4.79 Å². The second kappa shape index (κ2) is 7.09. The highest BCUT2D eigenvalue weighted by Gasteiger charge is 2.09. The summed E-state index contributed by atoms with van der Waals surface area (Å²) in [5.41, 5.74) is 3.21. The Bertz CT molecular complexity index is 706. The third-order valence-electron chi connectivity index (χ3n) is 3.80. The molecule has 2 aromatic carbocycles. The number of nitrogens with zero attached hydrogens (tertiary/aromatic N) is 1. The van der Waals surface area contributed by atoms with Crippen LogP contribution in [0.3, 0.4) is 0 Å². The highest BCUT2D eigenvalue weighted by Crippen LogP contribution is 2.20. The van der Waals surface area contributed by atoms with Gasteiger partial charge in [0.15, 0.2) is 0 Å². The number of nitrogens with one attached hydrogen (secondary N) is 1. The number of benzene rings is 2. The topological polar surface area (TPSA) is 49.4 Å². The first-order valence-corrected chi connectivity index (χ1v) is 7.64. The molecule has 2 rings (SSSR count). The second-order valence-electron chi connectivity index (χ2n) is 5.86. The number of carbonyl (C=O) groups excluding carboxylic acids is 2. The Labute approximate surface area is 137 Å². The van der Waals surface area contributed by atoms with Gasteiger partial charge in [-0.15, -0.1) is 0 Å². The normalized spacial score (nSPS) is 10.5. The maximum Gasteiger partial charge on any atom is 0.255 e. The van der Waals surface area contributed by atoms with Gasteiger partial charge in [-0.2, -0.15) is 0 Å². The summed E-state index contributed by atoms with van der Waals surface area (Å²) in [7, 11) is 1.70. The molecule has 2 aromatic rings. The number of hydrogen-bond donors (Lipinski definition) is 1. The monoisotopic (exact) mass is 310 g/mol. The molecule has 4 nitrogen and oxygen atoms in total. The molecule has 0 atom stereocenters. The van der Waals surface area contributed by atoms with E-state index in [1.54, 1.807) is 19.2 Å². The zero-order valence-corrected chi connectivity index (χ0v) is 14.0. The molecule has 0 fully saturated rings. The fraction of sp³-hybridized carbons (Fsp3) is 0.263. The molecule has 0 radical (unpaired) electrons. The van der Waals surface area contributed by atoms with Gasteiger partial charge in [0.25, 0.3) is 5.91 Å². The van der Waals surface area contributed by atoms with Crippen molar-refractivity contribution in [1.82, 2.24) is 0 Å². The van der Waals surface area contributed by atoms with Crippen LogP contribution in [0.2, 0.25) is 0 Å². The van der Waals surface area contributed by atoms with Crippen molar-refractivity contribution in [2.45, 2.75) is 26.7 Å². The lowest BCUT2D eigenvalue weighted by Crippen LogP contribution is -2.23. The molecule has 0 aliphatic rings. The first-order valence-electron chi connectivity index (χ1n) is 7.64. The molecule has 0 aromatic heterocycles. The van der Waals surface area contributed by atoms with Gasteiger partial charge in [0.2, 0.25) is 5.91 Å². The van der Waals surface area contributed by atoms with E-state index in [-0.39, 0.29) is 11.8 Å². The highest BCUT2D eigenvalue weighted by atomic mass is 16.2. The lowest BCUT2D eigenvalue weighted by Gasteiger charge is -2.16. The Morgan fingerprint density at radius 2 is 1.70 bits per heavy atom. The summed E-state index contributed by atoms with van der Waals surface area (Å²) in [5, 5.41) is 2.86. The zero-order chi connectivity index (χ0) is 17.0. The molecule has 0 saturated carbocycles. The van der Waals surface area contributed by atoms with Gasteiger partial charge in [0, 0.05) is 30.9 Å². The summed E-state index contributed by atoms with van der Waals surface area (Å²) >= 11 is 0. The molecule has 23 heavy (non-hydrogen) atoms. The Kier molecular flexibility index (Phi) is 5.16. The molecule has 0 unspecified atom stereocenters. The SMILES string of the molecule is CC(=O)N(C)c1cccc(NC(=O)c2ccc(C(C)C)cc2)c1. The van der Waals surface area contributed by atoms with Gasteiger partial charge < -0.3 is 10.2 Å². The van der Waals surface area contributed by atoms with Crippen LogP contribution < -0.4 is 10.2 Å². The summed E-state index contributed by atoms with van der Waals surface area (Å²) in [6.07, 6.45) is 0. The van der Waals surface area contributed by atoms with Crippen LogP contribution in [0.1, 0.15) is 42.6 Å². The zero-order valence-electron chi connectivity index (χ0n) is 14.0. The molecule has 0 spiro atoms. The van der Waals surface area contributed by atoms with Crippen LogP contribution in [0.15, 0.2) is 48.5 Å². The Morgan fingerprint density at radius 1 is 1.04 bits per heavy atom. The highest BCUT2D eigenvalue weighted by molar-refractivity contribution is 6.04. The van der Waals surface area contributed by atoms with Crippen LogP contribution in [0.5, 0.6) is 0 Å². The fourth-order valence-corrected chi connectivity index (χ4v) is 2.20. The van der Waals surface area contributed by atoms with E-state index >= 15 is 0 Å². The summed E-state index contributed by atoms with van der Waals surface area (Å²) < 4.78 is 0. The van der Waals surface area contributed by atoms with Gasteiger partial charge in [-0.3, -0.25) is 9.59 Å². The number of amides is 2. The molecule has 0 aliphatic carbocycles. The van der Waals surface area contributed by atoms with Gasteiger partial charge in [0.1, 0.15) is 0 Å². The van der Waals surface area contributed by atoms with Gasteiger partial charge in [-0.25, -0.2) is 0 Å². The largest absolute Gasteiger partial charge is 0.322 e. The molecule has 1 N–H and O–H groups in total. The van der Waals surface area contributed by atoms with E-state index in [1.165, 1.54) is 17.4 Å². The molecule has 4 heteroatoms. The van der Waals surface area contributed by atoms with Crippen molar-refractivity contribution in [1.29, 1.82) is 0 Å². The third kappa shape index (κ3) is 4.19. The van der Waals surface area contributed by atoms with Crippen molar-refractivity contribution in [3.63, 3.8) is 0 Å². The minimum absolute atomic E-state index is 0.0576. The number of hydrogen-bond acceptors (Lipinski definition) is 2. The van der Waals surface area contributed by atoms with Crippen molar-refractivity contribution in [3.8, 4) is 0 Å². The smallest absolute Gasteiger partial charge is 0.255 e. The number of rotatable bonds is 4. The van der Waals surface area contributed by atoms with E-state index in [0.29, 0.717) is 17.2 Å². The Hall–Kier alpha value is -2.62. The molecular formula is C19H22N2O2. The number of carbonyl (C=O) groups is 2. The minimum Gasteiger partial charge on any atom is -0.322 e. The summed E-state index contributed by atoms with van der Waals surface area (Å²) in [6.45, 7) is 5.74. The first-order chi connectivity index (χ1) is 10.9. The van der Waals surface area contributed by atoms with Gasteiger partial charge in [-0.05, 0) is 41.8 Å². The quantitative estimate of drug-likeness (QED) is 0.926. The standard InChI is InChI=1S/C19H22N2O2/c1-13(2)15-8-10-16(11-9-15)19(23)20-17-6-5-7-18(12-17)21(4)14(3)22/h5-13H,1-4H3,(H,20,23). The van der Waals surface area contributed by atoms with Crippen molar-refractivity contribution < 1.29 is 9.59 Å². The van der Waals surface area contributed by atoms with Crippen LogP contribution in [-0.4, -0.2) is 18.9 Å². The Balaban J connectivity index is 2.14. The molecule has 0 heterocycles. The average molecular weight is 310 g/mol. The van der Waals surface area contributed by atoms with E-state index in [4.69, 9.17) is 0 Å². The summed E-state index contributed by atoms with van der Waals surface area (Å²) in [5.74, 6) is 0.214. The van der Waals surface area contributed by atoms with Crippen LogP contribution in [0.4, 0.5) is 11.4 Å². The van der Waals surface area contributed by atoms with Gasteiger partial charge >= 0.3 is 0 Å². The van der Waals surface area contributed by atoms with Crippen molar-refractivity contribution >= 4 is 23.2 Å². The lowest BCUT2D eigenvalue weighted by molar-refractivity contribution is -0.116. The summed E-state index contributed by atoms with van der Waals surface area (Å²) in [4.78, 5) is 25.3. The second-order valence-corrected chi connectivity index (χ2v) is 5.86. The summed E-state index contributed by atoms with van der Waals surface area (Å²) in [6, 6.07) is 14.8. The van der Waals surface area contributed by atoms with Crippen molar-refractivity contribution in [2.75, 3.05) is 17.3 Å². The third-order valence-corrected chi connectivity index (χ3v) is 3.80. The number of anilines is 2. The molecule has 0 saturated heterocycles. The van der Waals surface area contributed by atoms with Crippen molar-refractivity contribution in [2.24, 2.45) is 0 Å². The van der Waals surface area contributed by atoms with Crippen molar-refractivity contribution in [3.05, 3.63) is 59.7 Å². The predicted molar refractivity (Wildman–Crippen MR) is 94.0 cm³/mol. The van der Waals surface area contributed by atoms with E-state index < -0.39 is 0 Å². The van der Waals surface area contributed by atoms with E-state index in [2.05, 4.69) is 19.2 Å². The predicted octanol–water partition coefficient (Wildman–Crippen LogP) is 4.05. The van der Waals surface area contributed by atoms with Gasteiger partial charge in [-0.1, -0.05) is 32.0 Å². The van der Waals surface area contributed by atoms with E-state index in [0.717, 1.165) is 5.69 Å². The van der Waals surface area contributed by atoms with Crippen LogP contribution in [0, 0.1) is 0 Å². The lowest BCUT2D eigenvalue weighted by atomic mass is 10.0. The first kappa shape index (κ1) is 16.7. The molecular weight excluding hydrogens is 288 g/mol. The Morgan fingerprint density at radius 3 is 2.26 bits per heavy atom. The minimum atomic E-state index is -0.164.